The van der Waals surface area contributed by atoms with E-state index in [1.807, 2.05) is 62.4 Å². The number of amides is 1. The number of anilines is 1. The number of allylic oxidation sites excluding steroid dienone is 1. The molecule has 1 unspecified atom stereocenters. The monoisotopic (exact) mass is 549 g/mol. The fraction of sp³-hybridized carbons (Fsp3) is 0.100. The molecule has 1 aliphatic heterocycles. The number of nitrogens with zero attached hydrogens (tertiary/aromatic N) is 3. The van der Waals surface area contributed by atoms with E-state index in [0.29, 0.717) is 10.1 Å². The van der Waals surface area contributed by atoms with Crippen LogP contribution in [-0.2, 0) is 4.79 Å². The maximum absolute atomic E-state index is 13.9. The quantitative estimate of drug-likeness (QED) is 0.288. The minimum Gasteiger partial charge on any atom is -0.384 e. The second kappa shape index (κ2) is 10.5. The van der Waals surface area contributed by atoms with E-state index in [1.54, 1.807) is 6.08 Å². The average Bonchev–Trinajstić information content (AvgIpc) is 3.25. The molecular formula is C30H23N5O4S. The number of carbonyl (C=O) groups excluding carboxylic acids is 1. The van der Waals surface area contributed by atoms with E-state index in [4.69, 9.17) is 5.73 Å². The number of thiazole rings is 1. The third kappa shape index (κ3) is 4.81. The molecular weight excluding hydrogens is 526 g/mol. The number of aryl methyl sites for hydroxylation is 2. The van der Waals surface area contributed by atoms with Crippen LogP contribution in [0.25, 0.3) is 17.5 Å². The van der Waals surface area contributed by atoms with Gasteiger partial charge in [0.05, 0.1) is 32.6 Å². The van der Waals surface area contributed by atoms with Gasteiger partial charge >= 0.3 is 0 Å². The zero-order chi connectivity index (χ0) is 28.6. The summed E-state index contributed by atoms with van der Waals surface area (Å²) >= 11 is 1.10. The standard InChI is InChI=1S/C30H23N5O4S/c1-17-6-10-19(11-7-17)14-24-29(37)34-27(32)23(16-31)25(20-12-8-18(2)9-13-20)26(30(34)40-24)28(36)33-21-4-3-5-22(15-21)35(38)39/h3-15,25H,32H2,1-2H3,(H,33,36)/b24-14-. The molecule has 1 amide bonds. The van der Waals surface area contributed by atoms with Gasteiger partial charge in [0.2, 0.25) is 0 Å². The smallest absolute Gasteiger partial charge is 0.274 e. The Hall–Kier alpha value is -5.27. The molecule has 3 N–H and O–H groups in total. The Bertz CT molecular complexity index is 1930. The van der Waals surface area contributed by atoms with E-state index in [-0.39, 0.29) is 33.0 Å². The van der Waals surface area contributed by atoms with E-state index in [1.165, 1.54) is 28.8 Å². The maximum atomic E-state index is 13.9. The van der Waals surface area contributed by atoms with Crippen LogP contribution in [0.15, 0.2) is 83.2 Å². The van der Waals surface area contributed by atoms with E-state index in [0.717, 1.165) is 28.0 Å². The van der Waals surface area contributed by atoms with Gasteiger partial charge in [-0.25, -0.2) is 0 Å². The van der Waals surface area contributed by atoms with Gasteiger partial charge in [-0.05, 0) is 37.1 Å². The topological polar surface area (TPSA) is 144 Å². The molecule has 1 aromatic heterocycles. The van der Waals surface area contributed by atoms with Crippen LogP contribution in [0, 0.1) is 35.3 Å². The number of hydrogen-bond acceptors (Lipinski definition) is 7. The first-order valence-corrected chi connectivity index (χ1v) is 13.1. The van der Waals surface area contributed by atoms with Gasteiger partial charge in [-0.2, -0.15) is 5.26 Å². The van der Waals surface area contributed by atoms with Crippen molar-refractivity contribution in [3.05, 3.63) is 130 Å². The molecule has 0 fully saturated rings. The van der Waals surface area contributed by atoms with Crippen LogP contribution in [-0.4, -0.2) is 15.4 Å². The van der Waals surface area contributed by atoms with Crippen molar-refractivity contribution in [1.82, 2.24) is 4.57 Å². The molecule has 0 saturated heterocycles. The molecule has 0 aliphatic carbocycles. The third-order valence-electron chi connectivity index (χ3n) is 6.61. The Morgan fingerprint density at radius 2 is 1.75 bits per heavy atom. The van der Waals surface area contributed by atoms with E-state index < -0.39 is 22.3 Å². The number of nitrogens with one attached hydrogen (secondary N) is 1. The molecule has 9 nitrogen and oxygen atoms in total. The molecule has 198 valence electrons. The predicted octanol–water partition coefficient (Wildman–Crippen LogP) is 3.50. The van der Waals surface area contributed by atoms with Crippen molar-refractivity contribution in [2.75, 3.05) is 5.32 Å². The van der Waals surface area contributed by atoms with Crippen molar-refractivity contribution >= 4 is 46.1 Å². The summed E-state index contributed by atoms with van der Waals surface area (Å²) in [4.78, 5) is 38.3. The summed E-state index contributed by atoms with van der Waals surface area (Å²) in [7, 11) is 0. The number of non-ortho nitro benzene ring substituents is 1. The van der Waals surface area contributed by atoms with Gasteiger partial charge in [-0.1, -0.05) is 65.7 Å². The second-order valence-corrected chi connectivity index (χ2v) is 10.4. The molecule has 0 saturated carbocycles. The van der Waals surface area contributed by atoms with Crippen LogP contribution < -0.4 is 25.8 Å². The lowest BCUT2D eigenvalue weighted by Crippen LogP contribution is -2.40. The number of nitriles is 1. The van der Waals surface area contributed by atoms with Gasteiger partial charge in [-0.15, -0.1) is 11.3 Å². The third-order valence-corrected chi connectivity index (χ3v) is 7.72. The normalized spacial score (nSPS) is 15.0. The van der Waals surface area contributed by atoms with Crippen molar-refractivity contribution in [1.29, 1.82) is 5.26 Å². The summed E-state index contributed by atoms with van der Waals surface area (Å²) in [5.74, 6) is -1.52. The first kappa shape index (κ1) is 26.3. The number of hydrogen-bond donors (Lipinski definition) is 2. The fourth-order valence-electron chi connectivity index (χ4n) is 4.57. The highest BCUT2D eigenvalue weighted by Gasteiger charge is 2.35. The molecule has 4 aromatic rings. The van der Waals surface area contributed by atoms with Crippen molar-refractivity contribution in [3.63, 3.8) is 0 Å². The van der Waals surface area contributed by atoms with Crippen LogP contribution >= 0.6 is 11.3 Å². The number of nitrogens with two attached hydrogens (primary N) is 1. The van der Waals surface area contributed by atoms with Crippen LogP contribution in [0.3, 0.4) is 0 Å². The Morgan fingerprint density at radius 3 is 2.38 bits per heavy atom. The summed E-state index contributed by atoms with van der Waals surface area (Å²) in [6.07, 6.45) is 1.72. The highest BCUT2D eigenvalue weighted by Crippen LogP contribution is 2.36. The van der Waals surface area contributed by atoms with E-state index >= 15 is 0 Å². The molecule has 0 bridgehead atoms. The lowest BCUT2D eigenvalue weighted by atomic mass is 9.83. The largest absolute Gasteiger partial charge is 0.384 e. The van der Waals surface area contributed by atoms with Gasteiger partial charge in [0.15, 0.2) is 0 Å². The first-order chi connectivity index (χ1) is 19.2. The molecule has 2 heterocycles. The highest BCUT2D eigenvalue weighted by atomic mass is 32.1. The maximum Gasteiger partial charge on any atom is 0.274 e. The van der Waals surface area contributed by atoms with Gasteiger partial charge in [0, 0.05) is 17.8 Å². The molecule has 0 spiro atoms. The van der Waals surface area contributed by atoms with Crippen molar-refractivity contribution in [2.24, 2.45) is 5.73 Å². The Balaban J connectivity index is 1.78. The zero-order valence-electron chi connectivity index (χ0n) is 21.5. The molecule has 10 heteroatoms. The van der Waals surface area contributed by atoms with Crippen LogP contribution in [0.4, 0.5) is 11.4 Å². The minimum atomic E-state index is -0.866. The molecule has 5 rings (SSSR count). The number of fused-ring (bicyclic) bond motifs is 1. The summed E-state index contributed by atoms with van der Waals surface area (Å²) in [6, 6.07) is 22.7. The zero-order valence-corrected chi connectivity index (χ0v) is 22.4. The number of rotatable bonds is 5. The van der Waals surface area contributed by atoms with E-state index in [2.05, 4.69) is 11.4 Å². The predicted molar refractivity (Wildman–Crippen MR) is 155 cm³/mol. The van der Waals surface area contributed by atoms with Crippen molar-refractivity contribution in [3.8, 4) is 6.07 Å². The SMILES string of the molecule is Cc1ccc(/C=c2\sc3n(c2=O)C(N)=C(C#N)C(c2ccc(C)cc2)C=3C(=O)Nc2cccc([N+](=O)[O-])c2)cc1. The van der Waals surface area contributed by atoms with Crippen molar-refractivity contribution < 1.29 is 9.72 Å². The number of aromatic nitrogens is 1. The summed E-state index contributed by atoms with van der Waals surface area (Å²) in [6.45, 7) is 3.88. The lowest BCUT2D eigenvalue weighted by Gasteiger charge is -2.25. The Labute approximate surface area is 232 Å². The molecule has 1 atom stereocenters. The molecule has 3 aromatic carbocycles. The fourth-order valence-corrected chi connectivity index (χ4v) is 5.74. The van der Waals surface area contributed by atoms with Crippen LogP contribution in [0.2, 0.25) is 0 Å². The molecule has 1 aliphatic rings. The number of benzene rings is 3. The minimum absolute atomic E-state index is 0.0419. The number of carbonyl (C=O) groups is 1. The van der Waals surface area contributed by atoms with Gasteiger partial charge in [0.25, 0.3) is 17.2 Å². The van der Waals surface area contributed by atoms with Gasteiger partial charge < -0.3 is 11.1 Å². The average molecular weight is 550 g/mol. The number of nitro benzene ring substituents is 1. The van der Waals surface area contributed by atoms with Gasteiger partial charge in [0.1, 0.15) is 10.5 Å². The Morgan fingerprint density at radius 1 is 1.10 bits per heavy atom. The lowest BCUT2D eigenvalue weighted by molar-refractivity contribution is -0.384. The second-order valence-electron chi connectivity index (χ2n) is 9.40. The molecule has 0 radical (unpaired) electrons. The highest BCUT2D eigenvalue weighted by molar-refractivity contribution is 7.07. The number of nitro groups is 1. The molecule has 40 heavy (non-hydrogen) atoms. The first-order valence-electron chi connectivity index (χ1n) is 12.2. The summed E-state index contributed by atoms with van der Waals surface area (Å²) in [5, 5.41) is 24.2. The van der Waals surface area contributed by atoms with Crippen LogP contribution in [0.5, 0.6) is 0 Å². The van der Waals surface area contributed by atoms with Crippen LogP contribution in [0.1, 0.15) is 28.2 Å². The summed E-state index contributed by atoms with van der Waals surface area (Å²) < 4.78 is 1.83. The van der Waals surface area contributed by atoms with Crippen molar-refractivity contribution in [2.45, 2.75) is 19.8 Å². The summed E-state index contributed by atoms with van der Waals surface area (Å²) in [5.41, 5.74) is 9.71. The van der Waals surface area contributed by atoms with E-state index in [9.17, 15) is 25.0 Å². The van der Waals surface area contributed by atoms with Gasteiger partial charge in [-0.3, -0.25) is 24.3 Å². The Kier molecular flexibility index (Phi) is 6.90.